The van der Waals surface area contributed by atoms with Gasteiger partial charge in [0.2, 0.25) is 0 Å². The number of likely N-dealkylation sites (tertiary alicyclic amines) is 1. The van der Waals surface area contributed by atoms with Crippen molar-refractivity contribution in [3.63, 3.8) is 0 Å². The summed E-state index contributed by atoms with van der Waals surface area (Å²) in [6, 6.07) is 0. The Morgan fingerprint density at radius 2 is 1.72 bits per heavy atom. The van der Waals surface area contributed by atoms with Crippen LogP contribution in [0.5, 0.6) is 0 Å². The van der Waals surface area contributed by atoms with E-state index < -0.39 is 0 Å². The summed E-state index contributed by atoms with van der Waals surface area (Å²) in [4.78, 5) is 7.21. The number of aliphatic imine (C=N–C) groups is 1. The zero-order valence-electron chi connectivity index (χ0n) is 16.3. The van der Waals surface area contributed by atoms with E-state index in [1.807, 2.05) is 18.8 Å². The van der Waals surface area contributed by atoms with E-state index >= 15 is 0 Å². The number of nitrogens with one attached hydrogen (secondary N) is 1. The lowest BCUT2D eigenvalue weighted by molar-refractivity contribution is 0.0775. The van der Waals surface area contributed by atoms with Crippen LogP contribution in [0.3, 0.4) is 0 Å². The molecule has 5 heteroatoms. The quantitative estimate of drug-likeness (QED) is 0.606. The lowest BCUT2D eigenvalue weighted by Gasteiger charge is -2.44. The minimum atomic E-state index is 0.310. The molecule has 0 aromatic heterocycles. The largest absolute Gasteiger partial charge is 0.381 e. The van der Waals surface area contributed by atoms with Gasteiger partial charge in [0.05, 0.1) is 0 Å². The normalized spacial score (nSPS) is 27.1. The zero-order chi connectivity index (χ0) is 17.6. The van der Waals surface area contributed by atoms with Gasteiger partial charge in [0.25, 0.3) is 0 Å². The number of hydrogen-bond donors (Lipinski definition) is 1. The Labute approximate surface area is 158 Å². The van der Waals surface area contributed by atoms with Crippen LogP contribution in [0.1, 0.15) is 64.2 Å². The van der Waals surface area contributed by atoms with E-state index in [1.54, 1.807) is 0 Å². The van der Waals surface area contributed by atoms with Crippen LogP contribution >= 0.6 is 11.8 Å². The molecule has 0 amide bonds. The number of nitrogens with zero attached hydrogens (tertiary/aromatic N) is 2. The van der Waals surface area contributed by atoms with Crippen molar-refractivity contribution in [3.05, 3.63) is 0 Å². The predicted octanol–water partition coefficient (Wildman–Crippen LogP) is 3.91. The summed E-state index contributed by atoms with van der Waals surface area (Å²) in [5.41, 5.74) is 0.558. The standard InChI is InChI=1S/C20H37N3OS/c1-21-18(22-16-20(25-2)11-14-24-15-12-20)23-13-7-10-19(17-23)8-5-3-4-6-9-19/h3-17H2,1-2H3,(H,21,22). The molecular formula is C20H37N3OS. The first-order valence-corrected chi connectivity index (χ1v) is 11.5. The van der Waals surface area contributed by atoms with Crippen LogP contribution in [-0.4, -0.2) is 61.8 Å². The van der Waals surface area contributed by atoms with Crippen LogP contribution in [0.2, 0.25) is 0 Å². The van der Waals surface area contributed by atoms with Gasteiger partial charge in [-0.2, -0.15) is 11.8 Å². The van der Waals surface area contributed by atoms with E-state index in [4.69, 9.17) is 4.74 Å². The number of piperidine rings is 1. The molecule has 0 unspecified atom stereocenters. The molecule has 0 atom stereocenters. The summed E-state index contributed by atoms with van der Waals surface area (Å²) in [7, 11) is 1.95. The van der Waals surface area contributed by atoms with Crippen LogP contribution in [0.25, 0.3) is 0 Å². The second-order valence-corrected chi connectivity index (χ2v) is 9.61. The molecule has 0 aromatic rings. The van der Waals surface area contributed by atoms with Gasteiger partial charge in [0.15, 0.2) is 5.96 Å². The van der Waals surface area contributed by atoms with Crippen molar-refractivity contribution in [2.75, 3.05) is 46.2 Å². The molecule has 144 valence electrons. The van der Waals surface area contributed by atoms with Crippen LogP contribution in [-0.2, 0) is 4.74 Å². The third-order valence-corrected chi connectivity index (χ3v) is 8.16. The van der Waals surface area contributed by atoms with Crippen molar-refractivity contribution in [1.82, 2.24) is 10.2 Å². The summed E-state index contributed by atoms with van der Waals surface area (Å²) in [5.74, 6) is 1.13. The average molecular weight is 368 g/mol. The van der Waals surface area contributed by atoms with E-state index in [2.05, 4.69) is 21.5 Å². The van der Waals surface area contributed by atoms with Gasteiger partial charge < -0.3 is 15.0 Å². The van der Waals surface area contributed by atoms with Gasteiger partial charge in [-0.05, 0) is 50.2 Å². The van der Waals surface area contributed by atoms with E-state index in [0.717, 1.165) is 45.1 Å². The van der Waals surface area contributed by atoms with Gasteiger partial charge in [-0.1, -0.05) is 25.7 Å². The van der Waals surface area contributed by atoms with Crippen LogP contribution in [0.4, 0.5) is 0 Å². The molecule has 1 aliphatic carbocycles. The number of ether oxygens (including phenoxy) is 1. The molecule has 3 rings (SSSR count). The lowest BCUT2D eigenvalue weighted by Crippen LogP contribution is -2.53. The van der Waals surface area contributed by atoms with Crippen LogP contribution < -0.4 is 5.32 Å². The first-order chi connectivity index (χ1) is 12.2. The Kier molecular flexibility index (Phi) is 6.95. The summed E-state index contributed by atoms with van der Waals surface area (Å²) in [6.45, 7) is 5.18. The minimum absolute atomic E-state index is 0.310. The molecule has 2 aliphatic heterocycles. The number of guanidine groups is 1. The minimum Gasteiger partial charge on any atom is -0.381 e. The summed E-state index contributed by atoms with van der Waals surface area (Å²) in [6.07, 6.45) is 15.8. The fourth-order valence-corrected chi connectivity index (χ4v) is 5.84. The van der Waals surface area contributed by atoms with Crippen molar-refractivity contribution < 1.29 is 4.74 Å². The fraction of sp³-hybridized carbons (Fsp3) is 0.950. The maximum Gasteiger partial charge on any atom is 0.193 e. The Morgan fingerprint density at radius 1 is 1.04 bits per heavy atom. The second kappa shape index (κ2) is 8.98. The molecule has 1 N–H and O–H groups in total. The SMILES string of the molecule is CN=C(NCC1(SC)CCOCC1)N1CCCC2(CCCCCC2)C1. The molecule has 25 heavy (non-hydrogen) atoms. The van der Waals surface area contributed by atoms with Crippen molar-refractivity contribution in [2.24, 2.45) is 10.4 Å². The molecule has 4 nitrogen and oxygen atoms in total. The van der Waals surface area contributed by atoms with Gasteiger partial charge in [0.1, 0.15) is 0 Å². The van der Waals surface area contributed by atoms with Gasteiger partial charge in [-0.3, -0.25) is 4.99 Å². The van der Waals surface area contributed by atoms with Crippen molar-refractivity contribution in [1.29, 1.82) is 0 Å². The number of hydrogen-bond acceptors (Lipinski definition) is 3. The van der Waals surface area contributed by atoms with Crippen LogP contribution in [0, 0.1) is 5.41 Å². The Balaban J connectivity index is 1.60. The molecule has 3 aliphatic rings. The van der Waals surface area contributed by atoms with Gasteiger partial charge in [-0.25, -0.2) is 0 Å². The molecule has 3 fully saturated rings. The highest BCUT2D eigenvalue weighted by Gasteiger charge is 2.37. The summed E-state index contributed by atoms with van der Waals surface area (Å²) in [5, 5.41) is 3.74. The topological polar surface area (TPSA) is 36.9 Å². The van der Waals surface area contributed by atoms with Crippen molar-refractivity contribution >= 4 is 17.7 Å². The molecule has 0 aromatic carbocycles. The van der Waals surface area contributed by atoms with E-state index in [1.165, 1.54) is 57.9 Å². The molecule has 0 radical (unpaired) electrons. The molecule has 1 spiro atoms. The Hall–Kier alpha value is -0.420. The molecule has 2 heterocycles. The Bertz CT molecular complexity index is 440. The molecule has 0 bridgehead atoms. The van der Waals surface area contributed by atoms with Gasteiger partial charge in [-0.15, -0.1) is 0 Å². The first-order valence-electron chi connectivity index (χ1n) is 10.3. The number of rotatable bonds is 3. The lowest BCUT2D eigenvalue weighted by atomic mass is 9.74. The highest BCUT2D eigenvalue weighted by Crippen LogP contribution is 2.42. The zero-order valence-corrected chi connectivity index (χ0v) is 17.1. The first kappa shape index (κ1) is 19.3. The maximum atomic E-state index is 5.58. The number of thioether (sulfide) groups is 1. The highest BCUT2D eigenvalue weighted by molar-refractivity contribution is 8.00. The summed E-state index contributed by atoms with van der Waals surface area (Å²) >= 11 is 2.00. The maximum absolute atomic E-state index is 5.58. The smallest absolute Gasteiger partial charge is 0.193 e. The third kappa shape index (κ3) is 4.85. The van der Waals surface area contributed by atoms with Gasteiger partial charge in [0, 0.05) is 44.6 Å². The molecular weight excluding hydrogens is 330 g/mol. The fourth-order valence-electron chi connectivity index (χ4n) is 5.04. The molecule has 2 saturated heterocycles. The van der Waals surface area contributed by atoms with E-state index in [9.17, 15) is 0 Å². The average Bonchev–Trinajstić information content (AvgIpc) is 2.88. The monoisotopic (exact) mass is 367 g/mol. The van der Waals surface area contributed by atoms with Crippen molar-refractivity contribution in [3.8, 4) is 0 Å². The second-order valence-electron chi connectivity index (χ2n) is 8.34. The molecule has 1 saturated carbocycles. The van der Waals surface area contributed by atoms with E-state index in [-0.39, 0.29) is 0 Å². The summed E-state index contributed by atoms with van der Waals surface area (Å²) < 4.78 is 5.89. The van der Waals surface area contributed by atoms with Crippen LogP contribution in [0.15, 0.2) is 4.99 Å². The third-order valence-electron chi connectivity index (χ3n) is 6.74. The highest BCUT2D eigenvalue weighted by atomic mass is 32.2. The Morgan fingerprint density at radius 3 is 2.36 bits per heavy atom. The van der Waals surface area contributed by atoms with Gasteiger partial charge >= 0.3 is 0 Å². The predicted molar refractivity (Wildman–Crippen MR) is 109 cm³/mol. The van der Waals surface area contributed by atoms with E-state index in [0.29, 0.717) is 10.2 Å². The van der Waals surface area contributed by atoms with Crippen molar-refractivity contribution in [2.45, 2.75) is 69.0 Å².